The molecule has 0 aromatic carbocycles. The molecule has 0 saturated carbocycles. The molecule has 0 aliphatic carbocycles. The minimum Gasteiger partial charge on any atom is -0.348 e. The molecule has 2 N–H and O–H groups in total. The number of piperidine rings is 1. The molecule has 0 radical (unpaired) electrons. The van der Waals surface area contributed by atoms with Crippen LogP contribution >= 0.6 is 0 Å². The van der Waals surface area contributed by atoms with Gasteiger partial charge in [0.2, 0.25) is 0 Å². The summed E-state index contributed by atoms with van der Waals surface area (Å²) in [5, 5.41) is 11.7. The van der Waals surface area contributed by atoms with Crippen molar-refractivity contribution in [2.24, 2.45) is 0 Å². The van der Waals surface area contributed by atoms with E-state index in [9.17, 15) is 4.79 Å². The summed E-state index contributed by atoms with van der Waals surface area (Å²) < 4.78 is 1.86. The Bertz CT molecular complexity index is 685. The maximum atomic E-state index is 12.7. The molecule has 0 bridgehead atoms. The molecular weight excluding hydrogens is 278 g/mol. The highest BCUT2D eigenvalue weighted by molar-refractivity contribution is 6.05. The molecule has 2 aromatic heterocycles. The number of carbonyl (C=O) groups excluding carboxylic acids is 1. The summed E-state index contributed by atoms with van der Waals surface area (Å²) in [6.45, 7) is 7.90. The van der Waals surface area contributed by atoms with E-state index in [0.29, 0.717) is 5.56 Å². The van der Waals surface area contributed by atoms with Crippen molar-refractivity contribution >= 4 is 16.9 Å². The first-order valence-electron chi connectivity index (χ1n) is 7.92. The van der Waals surface area contributed by atoms with E-state index in [2.05, 4.69) is 34.6 Å². The number of hydrogen-bond acceptors (Lipinski definition) is 4. The van der Waals surface area contributed by atoms with E-state index in [0.717, 1.165) is 42.7 Å². The molecular formula is C16H23N5O. The molecule has 1 aliphatic rings. The average Bonchev–Trinajstić information content (AvgIpc) is 2.91. The number of aryl methyl sites for hydroxylation is 1. The third-order valence-corrected chi connectivity index (χ3v) is 4.06. The number of rotatable bonds is 3. The molecule has 1 saturated heterocycles. The molecule has 0 unspecified atom stereocenters. The minimum atomic E-state index is -0.0347. The van der Waals surface area contributed by atoms with Crippen molar-refractivity contribution in [2.75, 3.05) is 13.1 Å². The smallest absolute Gasteiger partial charge is 0.252 e. The third kappa shape index (κ3) is 2.83. The van der Waals surface area contributed by atoms with Gasteiger partial charge in [-0.1, -0.05) is 0 Å². The molecule has 1 fully saturated rings. The molecule has 6 nitrogen and oxygen atoms in total. The SMILES string of the molecule is Cc1cc(C(=O)N[C@H]2CCCNC2)c2cnn(C(C)C)c2n1. The van der Waals surface area contributed by atoms with Gasteiger partial charge < -0.3 is 10.6 Å². The van der Waals surface area contributed by atoms with Crippen molar-refractivity contribution in [3.8, 4) is 0 Å². The fourth-order valence-electron chi connectivity index (χ4n) is 2.95. The number of hydrogen-bond donors (Lipinski definition) is 2. The van der Waals surface area contributed by atoms with Crippen LogP contribution in [-0.4, -0.2) is 39.8 Å². The van der Waals surface area contributed by atoms with Crippen LogP contribution in [0.3, 0.4) is 0 Å². The van der Waals surface area contributed by atoms with Gasteiger partial charge in [-0.25, -0.2) is 9.67 Å². The summed E-state index contributed by atoms with van der Waals surface area (Å²) in [6, 6.07) is 2.26. The summed E-state index contributed by atoms with van der Waals surface area (Å²) in [4.78, 5) is 17.2. The van der Waals surface area contributed by atoms with Gasteiger partial charge in [0.15, 0.2) is 5.65 Å². The Morgan fingerprint density at radius 3 is 3.00 bits per heavy atom. The van der Waals surface area contributed by atoms with E-state index in [-0.39, 0.29) is 18.0 Å². The first kappa shape index (κ1) is 15.0. The first-order valence-corrected chi connectivity index (χ1v) is 7.92. The third-order valence-electron chi connectivity index (χ3n) is 4.06. The number of amides is 1. The van der Waals surface area contributed by atoms with Crippen molar-refractivity contribution in [1.82, 2.24) is 25.4 Å². The van der Waals surface area contributed by atoms with Crippen molar-refractivity contribution in [3.63, 3.8) is 0 Å². The lowest BCUT2D eigenvalue weighted by Crippen LogP contribution is -2.45. The van der Waals surface area contributed by atoms with Crippen molar-refractivity contribution in [3.05, 3.63) is 23.5 Å². The molecule has 3 rings (SSSR count). The van der Waals surface area contributed by atoms with Gasteiger partial charge in [-0.2, -0.15) is 5.10 Å². The van der Waals surface area contributed by atoms with Crippen molar-refractivity contribution in [2.45, 2.75) is 45.7 Å². The normalized spacial score (nSPS) is 18.8. The molecule has 6 heteroatoms. The highest BCUT2D eigenvalue weighted by atomic mass is 16.1. The molecule has 1 amide bonds. The van der Waals surface area contributed by atoms with Crippen LogP contribution < -0.4 is 10.6 Å². The van der Waals surface area contributed by atoms with Crippen molar-refractivity contribution < 1.29 is 4.79 Å². The molecule has 118 valence electrons. The van der Waals surface area contributed by atoms with Crippen LogP contribution in [0, 0.1) is 6.92 Å². The van der Waals surface area contributed by atoms with Crippen LogP contribution in [0.4, 0.5) is 0 Å². The van der Waals surface area contributed by atoms with E-state index in [1.54, 1.807) is 6.20 Å². The summed E-state index contributed by atoms with van der Waals surface area (Å²) in [6.07, 6.45) is 3.87. The van der Waals surface area contributed by atoms with Gasteiger partial charge in [-0.15, -0.1) is 0 Å². The van der Waals surface area contributed by atoms with E-state index >= 15 is 0 Å². The average molecular weight is 301 g/mol. The summed E-state index contributed by atoms with van der Waals surface area (Å²) >= 11 is 0. The Labute approximate surface area is 130 Å². The Morgan fingerprint density at radius 2 is 2.32 bits per heavy atom. The lowest BCUT2D eigenvalue weighted by molar-refractivity contribution is 0.0932. The van der Waals surface area contributed by atoms with Gasteiger partial charge in [-0.05, 0) is 46.2 Å². The van der Waals surface area contributed by atoms with Crippen LogP contribution in [0.25, 0.3) is 11.0 Å². The first-order chi connectivity index (χ1) is 10.6. The number of nitrogens with one attached hydrogen (secondary N) is 2. The topological polar surface area (TPSA) is 71.8 Å². The molecule has 22 heavy (non-hydrogen) atoms. The maximum Gasteiger partial charge on any atom is 0.252 e. The van der Waals surface area contributed by atoms with Crippen LogP contribution in [0.15, 0.2) is 12.3 Å². The highest BCUT2D eigenvalue weighted by Gasteiger charge is 2.20. The van der Waals surface area contributed by atoms with Gasteiger partial charge >= 0.3 is 0 Å². The van der Waals surface area contributed by atoms with Crippen LogP contribution in [0.2, 0.25) is 0 Å². The van der Waals surface area contributed by atoms with Crippen LogP contribution in [0.5, 0.6) is 0 Å². The zero-order chi connectivity index (χ0) is 15.7. The zero-order valence-electron chi connectivity index (χ0n) is 13.4. The number of nitrogens with zero attached hydrogens (tertiary/aromatic N) is 3. The Kier molecular flexibility index (Phi) is 4.11. The number of carbonyl (C=O) groups is 1. The lowest BCUT2D eigenvalue weighted by atomic mass is 10.1. The maximum absolute atomic E-state index is 12.7. The number of fused-ring (bicyclic) bond motifs is 1. The fourth-order valence-corrected chi connectivity index (χ4v) is 2.95. The Hall–Kier alpha value is -1.95. The molecule has 1 aliphatic heterocycles. The predicted octanol–water partition coefficient (Wildman–Crippen LogP) is 1.80. The van der Waals surface area contributed by atoms with E-state index < -0.39 is 0 Å². The van der Waals surface area contributed by atoms with Gasteiger partial charge in [0.25, 0.3) is 5.91 Å². The molecule has 3 heterocycles. The highest BCUT2D eigenvalue weighted by Crippen LogP contribution is 2.21. The lowest BCUT2D eigenvalue weighted by Gasteiger charge is -2.24. The molecule has 2 aromatic rings. The Morgan fingerprint density at radius 1 is 1.50 bits per heavy atom. The molecule has 1 atom stereocenters. The van der Waals surface area contributed by atoms with Gasteiger partial charge in [0.05, 0.1) is 17.1 Å². The zero-order valence-corrected chi connectivity index (χ0v) is 13.4. The second-order valence-electron chi connectivity index (χ2n) is 6.25. The second kappa shape index (κ2) is 6.04. The van der Waals surface area contributed by atoms with E-state index in [1.165, 1.54) is 0 Å². The largest absolute Gasteiger partial charge is 0.348 e. The second-order valence-corrected chi connectivity index (χ2v) is 6.25. The number of aromatic nitrogens is 3. The van der Waals surface area contributed by atoms with Crippen LogP contribution in [0.1, 0.15) is 48.8 Å². The van der Waals surface area contributed by atoms with E-state index in [1.807, 2.05) is 17.7 Å². The minimum absolute atomic E-state index is 0.0347. The van der Waals surface area contributed by atoms with Crippen LogP contribution in [-0.2, 0) is 0 Å². The molecule has 0 spiro atoms. The monoisotopic (exact) mass is 301 g/mol. The van der Waals surface area contributed by atoms with Gasteiger partial charge in [-0.3, -0.25) is 4.79 Å². The quantitative estimate of drug-likeness (QED) is 0.907. The fraction of sp³-hybridized carbons (Fsp3) is 0.562. The van der Waals surface area contributed by atoms with Gasteiger partial charge in [0.1, 0.15) is 0 Å². The summed E-state index contributed by atoms with van der Waals surface area (Å²) in [5.41, 5.74) is 2.28. The van der Waals surface area contributed by atoms with Crippen molar-refractivity contribution in [1.29, 1.82) is 0 Å². The summed E-state index contributed by atoms with van der Waals surface area (Å²) in [5.74, 6) is -0.0347. The van der Waals surface area contributed by atoms with Gasteiger partial charge in [0, 0.05) is 24.3 Å². The standard InChI is InChI=1S/C16H23N5O/c1-10(2)21-15-14(9-18-21)13(7-11(3)19-15)16(22)20-12-5-4-6-17-8-12/h7,9-10,12,17H,4-6,8H2,1-3H3,(H,20,22)/t12-/m0/s1. The summed E-state index contributed by atoms with van der Waals surface area (Å²) in [7, 11) is 0. The van der Waals surface area contributed by atoms with E-state index in [4.69, 9.17) is 0 Å². The Balaban J connectivity index is 1.93. The number of pyridine rings is 1. The predicted molar refractivity (Wildman–Crippen MR) is 86.0 cm³/mol.